The van der Waals surface area contributed by atoms with E-state index in [-0.39, 0.29) is 42.6 Å². The van der Waals surface area contributed by atoms with Crippen molar-refractivity contribution in [3.05, 3.63) is 64.9 Å². The highest BCUT2D eigenvalue weighted by Gasteiger charge is 2.47. The molecule has 0 saturated carbocycles. The molecule has 3 aliphatic heterocycles. The number of halogens is 3. The lowest BCUT2D eigenvalue weighted by Gasteiger charge is -2.42. The molecule has 1 fully saturated rings. The third-order valence-electron chi connectivity index (χ3n) is 6.52. The molecule has 0 bridgehead atoms. The van der Waals surface area contributed by atoms with Gasteiger partial charge < -0.3 is 29.3 Å². The second-order valence-corrected chi connectivity index (χ2v) is 8.52. The van der Waals surface area contributed by atoms with Gasteiger partial charge in [-0.1, -0.05) is 6.92 Å². The van der Waals surface area contributed by atoms with Crippen LogP contribution in [-0.2, 0) is 19.0 Å². The number of fused-ring (bicyclic) bond motifs is 1. The zero-order valence-corrected chi connectivity index (χ0v) is 19.5. The van der Waals surface area contributed by atoms with E-state index < -0.39 is 35.4 Å². The molecule has 3 aliphatic rings. The van der Waals surface area contributed by atoms with E-state index in [1.54, 1.807) is 26.0 Å². The molecule has 1 aromatic carbocycles. The molecule has 3 heterocycles. The molecule has 2 atom stereocenters. The molecule has 0 spiro atoms. The summed E-state index contributed by atoms with van der Waals surface area (Å²) in [6, 6.07) is 3.17. The molecule has 10 heteroatoms. The van der Waals surface area contributed by atoms with Crippen LogP contribution < -0.4 is 10.2 Å². The molecule has 0 amide bonds. The van der Waals surface area contributed by atoms with Crippen molar-refractivity contribution in [2.75, 3.05) is 38.8 Å². The van der Waals surface area contributed by atoms with E-state index in [9.17, 15) is 13.6 Å². The van der Waals surface area contributed by atoms with Gasteiger partial charge in [0.05, 0.1) is 24.4 Å². The van der Waals surface area contributed by atoms with Crippen LogP contribution in [0.15, 0.2) is 53.3 Å². The number of ether oxygens (including phenoxy) is 3. The number of nitrogens with zero attached hydrogens (tertiary/aromatic N) is 2. The molecule has 1 saturated heterocycles. The summed E-state index contributed by atoms with van der Waals surface area (Å²) in [7, 11) is 3.09. The molecular formula is C24H28F3N3O4. The van der Waals surface area contributed by atoms with Crippen molar-refractivity contribution in [2.24, 2.45) is 5.92 Å². The Morgan fingerprint density at radius 2 is 1.97 bits per heavy atom. The molecule has 0 aliphatic carbocycles. The number of esters is 1. The van der Waals surface area contributed by atoms with Gasteiger partial charge in [0.2, 0.25) is 0 Å². The van der Waals surface area contributed by atoms with E-state index in [0.29, 0.717) is 12.1 Å². The minimum absolute atomic E-state index is 0.0332. The highest BCUT2D eigenvalue weighted by Crippen LogP contribution is 2.39. The molecule has 2 unspecified atom stereocenters. The quantitative estimate of drug-likeness (QED) is 0.495. The van der Waals surface area contributed by atoms with E-state index >= 15 is 4.39 Å². The second kappa shape index (κ2) is 9.34. The maximum atomic E-state index is 15.3. The molecule has 7 nitrogen and oxygen atoms in total. The largest absolute Gasteiger partial charge is 0.463 e. The first kappa shape index (κ1) is 24.2. The molecule has 0 aromatic heterocycles. The molecule has 34 heavy (non-hydrogen) atoms. The lowest BCUT2D eigenvalue weighted by Crippen LogP contribution is -2.52. The first-order chi connectivity index (χ1) is 16.2. The smallest absolute Gasteiger partial charge is 0.335 e. The summed E-state index contributed by atoms with van der Waals surface area (Å²) in [4.78, 5) is 15.7. The molecule has 1 N–H and O–H groups in total. The van der Waals surface area contributed by atoms with Crippen molar-refractivity contribution in [1.29, 1.82) is 0 Å². The number of carbonyl (C=O) groups excluding carboxylic acids is 1. The SMILES string of the molecule is CCOC(=O)C1=CN(c2ccc(F)cc2F)C2NC(N3CC(C)C(OC)(OC)C3)=C(F)C=C2C1. The molecular weight excluding hydrogens is 451 g/mol. The van der Waals surface area contributed by atoms with E-state index in [2.05, 4.69) is 5.32 Å². The van der Waals surface area contributed by atoms with E-state index in [4.69, 9.17) is 14.2 Å². The monoisotopic (exact) mass is 479 g/mol. The minimum Gasteiger partial charge on any atom is -0.463 e. The number of hydrogen-bond acceptors (Lipinski definition) is 7. The summed E-state index contributed by atoms with van der Waals surface area (Å²) in [5, 5.41) is 3.16. The third kappa shape index (κ3) is 4.16. The lowest BCUT2D eigenvalue weighted by atomic mass is 9.95. The average Bonchev–Trinajstić information content (AvgIpc) is 3.14. The number of likely N-dealkylation sites (tertiary alicyclic amines) is 1. The Balaban J connectivity index is 1.73. The fraction of sp³-hybridized carbons (Fsp3) is 0.458. The lowest BCUT2D eigenvalue weighted by molar-refractivity contribution is -0.216. The highest BCUT2D eigenvalue weighted by molar-refractivity contribution is 5.90. The standard InChI is InChI=1S/C24H28F3N3O4/c1-5-34-23(31)16-8-15-9-19(27)22(29-11-14(2)24(13-29,32-3)33-4)28-21(15)30(12-16)20-7-6-17(25)10-18(20)26/h6-7,9-10,12,14,21,28H,5,8,11,13H2,1-4H3. The van der Waals surface area contributed by atoms with Crippen LogP contribution in [0.3, 0.4) is 0 Å². The fourth-order valence-electron chi connectivity index (χ4n) is 4.74. The number of methoxy groups -OCH3 is 2. The predicted molar refractivity (Wildman–Crippen MR) is 119 cm³/mol. The summed E-state index contributed by atoms with van der Waals surface area (Å²) in [6.45, 7) is 4.53. The molecule has 4 rings (SSSR count). The van der Waals surface area contributed by atoms with Crippen LogP contribution in [-0.4, -0.2) is 56.7 Å². The van der Waals surface area contributed by atoms with Crippen LogP contribution in [0.2, 0.25) is 0 Å². The number of rotatable bonds is 6. The Labute approximate surface area is 196 Å². The Kier molecular flexibility index (Phi) is 6.64. The average molecular weight is 479 g/mol. The van der Waals surface area contributed by atoms with Crippen molar-refractivity contribution in [1.82, 2.24) is 10.2 Å². The van der Waals surface area contributed by atoms with Crippen LogP contribution in [0.4, 0.5) is 18.9 Å². The minimum atomic E-state index is -0.898. The van der Waals surface area contributed by atoms with E-state index in [1.807, 2.05) is 6.92 Å². The van der Waals surface area contributed by atoms with Crippen molar-refractivity contribution >= 4 is 11.7 Å². The van der Waals surface area contributed by atoms with Crippen LogP contribution >= 0.6 is 0 Å². The van der Waals surface area contributed by atoms with Crippen molar-refractivity contribution in [3.8, 4) is 0 Å². The molecule has 0 radical (unpaired) electrons. The van der Waals surface area contributed by atoms with Gasteiger partial charge in [-0.3, -0.25) is 0 Å². The van der Waals surface area contributed by atoms with E-state index in [1.165, 1.54) is 23.2 Å². The van der Waals surface area contributed by atoms with Gasteiger partial charge in [0.15, 0.2) is 11.6 Å². The van der Waals surface area contributed by atoms with Crippen LogP contribution in [0.1, 0.15) is 20.3 Å². The summed E-state index contributed by atoms with van der Waals surface area (Å²) in [6.07, 6.45) is 2.22. The van der Waals surface area contributed by atoms with Gasteiger partial charge in [0, 0.05) is 45.4 Å². The Bertz CT molecular complexity index is 1070. The Morgan fingerprint density at radius 1 is 1.24 bits per heavy atom. The normalized spacial score (nSPS) is 23.9. The third-order valence-corrected chi connectivity index (χ3v) is 6.52. The number of hydrogen-bond donors (Lipinski definition) is 1. The topological polar surface area (TPSA) is 63.3 Å². The second-order valence-electron chi connectivity index (χ2n) is 8.52. The number of anilines is 1. The van der Waals surface area contributed by atoms with E-state index in [0.717, 1.165) is 12.1 Å². The number of nitrogens with one attached hydrogen (secondary N) is 1. The van der Waals surface area contributed by atoms with Gasteiger partial charge in [-0.05, 0) is 30.7 Å². The van der Waals surface area contributed by atoms with Crippen LogP contribution in [0.25, 0.3) is 0 Å². The summed E-state index contributed by atoms with van der Waals surface area (Å²) in [5.74, 6) is -3.39. The van der Waals surface area contributed by atoms with Gasteiger partial charge in [0.25, 0.3) is 0 Å². The van der Waals surface area contributed by atoms with Crippen molar-refractivity contribution in [2.45, 2.75) is 32.2 Å². The van der Waals surface area contributed by atoms with Gasteiger partial charge in [-0.2, -0.15) is 0 Å². The summed E-state index contributed by atoms with van der Waals surface area (Å²) >= 11 is 0. The maximum absolute atomic E-state index is 15.3. The van der Waals surface area contributed by atoms with Crippen molar-refractivity contribution in [3.63, 3.8) is 0 Å². The van der Waals surface area contributed by atoms with Gasteiger partial charge in [-0.25, -0.2) is 18.0 Å². The first-order valence-corrected chi connectivity index (χ1v) is 11.1. The molecule has 184 valence electrons. The van der Waals surface area contributed by atoms with Crippen molar-refractivity contribution < 1.29 is 32.2 Å². The highest BCUT2D eigenvalue weighted by atomic mass is 19.1. The zero-order chi connectivity index (χ0) is 24.6. The van der Waals surface area contributed by atoms with Gasteiger partial charge in [0.1, 0.15) is 23.6 Å². The first-order valence-electron chi connectivity index (χ1n) is 11.1. The summed E-state index contributed by atoms with van der Waals surface area (Å²) in [5.41, 5.74) is 0.775. The van der Waals surface area contributed by atoms with Gasteiger partial charge >= 0.3 is 5.97 Å². The summed E-state index contributed by atoms with van der Waals surface area (Å²) < 4.78 is 60.0. The number of benzene rings is 1. The fourth-order valence-corrected chi connectivity index (χ4v) is 4.74. The van der Waals surface area contributed by atoms with Gasteiger partial charge in [-0.15, -0.1) is 0 Å². The molecule has 1 aromatic rings. The predicted octanol–water partition coefficient (Wildman–Crippen LogP) is 3.56. The zero-order valence-electron chi connectivity index (χ0n) is 19.5. The number of allylic oxidation sites excluding steroid dienone is 2. The van der Waals surface area contributed by atoms with Crippen LogP contribution in [0, 0.1) is 17.6 Å². The number of dihydropyridines is 1. The maximum Gasteiger partial charge on any atom is 0.335 e. The Hall–Kier alpha value is -2.98. The number of carbonyl (C=O) groups is 1. The Morgan fingerprint density at radius 3 is 2.59 bits per heavy atom. The van der Waals surface area contributed by atoms with Crippen LogP contribution in [0.5, 0.6) is 0 Å².